The average Bonchev–Trinajstić information content (AvgIpc) is 2.74. The second kappa shape index (κ2) is 8.31. The van der Waals surface area contributed by atoms with Crippen molar-refractivity contribution in [1.29, 1.82) is 0 Å². The quantitative estimate of drug-likeness (QED) is 0.651. The van der Waals surface area contributed by atoms with E-state index in [-0.39, 0.29) is 23.5 Å². The number of benzene rings is 2. The topological polar surface area (TPSA) is 88.3 Å². The molecule has 1 heterocycles. The second-order valence-electron chi connectivity index (χ2n) is 7.29. The largest absolute Gasteiger partial charge is 0.459 e. The number of para-hydroxylation sites is 1. The molecule has 4 rings (SSSR count). The van der Waals surface area contributed by atoms with Crippen LogP contribution in [0.4, 0.5) is 5.69 Å². The number of hydrogen-bond donors (Lipinski definition) is 2. The molecule has 29 heavy (non-hydrogen) atoms. The van der Waals surface area contributed by atoms with Crippen molar-refractivity contribution >= 4 is 28.5 Å². The van der Waals surface area contributed by atoms with E-state index in [2.05, 4.69) is 10.3 Å². The lowest BCUT2D eigenvalue weighted by Gasteiger charge is -2.21. The molecule has 6 nitrogen and oxygen atoms in total. The third-order valence-electron chi connectivity index (χ3n) is 5.20. The Bertz CT molecular complexity index is 1100. The number of H-pyrrole nitrogens is 1. The minimum atomic E-state index is -0.384. The fraction of sp³-hybridized carbons (Fsp3) is 0.261. The van der Waals surface area contributed by atoms with Gasteiger partial charge in [-0.05, 0) is 56.0 Å². The number of carbonyl (C=O) groups is 2. The van der Waals surface area contributed by atoms with E-state index in [0.717, 1.165) is 25.7 Å². The van der Waals surface area contributed by atoms with Gasteiger partial charge in [0, 0.05) is 22.7 Å². The third-order valence-corrected chi connectivity index (χ3v) is 5.20. The number of fused-ring (bicyclic) bond motifs is 1. The van der Waals surface area contributed by atoms with Gasteiger partial charge in [-0.25, -0.2) is 4.79 Å². The van der Waals surface area contributed by atoms with Crippen LogP contribution in [0.15, 0.2) is 59.4 Å². The second-order valence-corrected chi connectivity index (χ2v) is 7.29. The highest BCUT2D eigenvalue weighted by atomic mass is 16.5. The summed E-state index contributed by atoms with van der Waals surface area (Å²) in [4.78, 5) is 39.6. The van der Waals surface area contributed by atoms with E-state index >= 15 is 0 Å². The molecular formula is C23H22N2O4. The summed E-state index contributed by atoms with van der Waals surface area (Å²) < 4.78 is 5.56. The maximum atomic E-state index is 12.7. The molecule has 2 aromatic carbocycles. The number of nitrogens with one attached hydrogen (secondary N) is 2. The molecule has 1 fully saturated rings. The van der Waals surface area contributed by atoms with E-state index in [1.54, 1.807) is 42.5 Å². The maximum absolute atomic E-state index is 12.7. The minimum Gasteiger partial charge on any atom is -0.459 e. The van der Waals surface area contributed by atoms with Crippen LogP contribution in [-0.4, -0.2) is 23.0 Å². The Hall–Kier alpha value is -3.41. The van der Waals surface area contributed by atoms with E-state index in [4.69, 9.17) is 4.74 Å². The molecule has 1 aliphatic rings. The summed E-state index contributed by atoms with van der Waals surface area (Å²) in [6.07, 6.45) is 5.24. The number of pyridine rings is 1. The van der Waals surface area contributed by atoms with Crippen molar-refractivity contribution in [2.24, 2.45) is 0 Å². The molecule has 0 unspecified atom stereocenters. The van der Waals surface area contributed by atoms with Crippen molar-refractivity contribution in [3.05, 3.63) is 76.1 Å². The average molecular weight is 390 g/mol. The van der Waals surface area contributed by atoms with Crippen LogP contribution in [0.3, 0.4) is 0 Å². The van der Waals surface area contributed by atoms with Gasteiger partial charge < -0.3 is 15.0 Å². The van der Waals surface area contributed by atoms with Gasteiger partial charge in [-0.1, -0.05) is 24.6 Å². The first-order valence-corrected chi connectivity index (χ1v) is 9.84. The number of rotatable bonds is 4. The van der Waals surface area contributed by atoms with Gasteiger partial charge in [0.25, 0.3) is 5.91 Å². The van der Waals surface area contributed by atoms with E-state index in [1.807, 2.05) is 6.07 Å². The zero-order chi connectivity index (χ0) is 20.2. The lowest BCUT2D eigenvalue weighted by molar-refractivity contribution is 0.0211. The van der Waals surface area contributed by atoms with Crippen molar-refractivity contribution in [2.75, 3.05) is 5.32 Å². The summed E-state index contributed by atoms with van der Waals surface area (Å²) in [5.41, 5.74) is 1.55. The molecule has 1 amide bonds. The number of anilines is 1. The van der Waals surface area contributed by atoms with Crippen LogP contribution >= 0.6 is 0 Å². The maximum Gasteiger partial charge on any atom is 0.338 e. The molecule has 0 bridgehead atoms. The summed E-state index contributed by atoms with van der Waals surface area (Å²) >= 11 is 0. The number of amides is 1. The number of carbonyl (C=O) groups excluding carboxylic acids is 2. The van der Waals surface area contributed by atoms with Crippen LogP contribution in [0, 0.1) is 0 Å². The number of ether oxygens (including phenoxy) is 1. The standard InChI is InChI=1S/C23H22N2O4/c26-21-14-19(18-8-4-5-9-20(18)25-21)22(27)24-16-12-10-15(11-13-16)23(28)29-17-6-2-1-3-7-17/h4-5,8-14,17H,1-3,6-7H2,(H,24,27)(H,25,26). The predicted molar refractivity (Wildman–Crippen MR) is 111 cm³/mol. The van der Waals surface area contributed by atoms with Crippen molar-refractivity contribution in [3.63, 3.8) is 0 Å². The van der Waals surface area contributed by atoms with Gasteiger partial charge in [0.15, 0.2) is 0 Å². The first-order valence-electron chi connectivity index (χ1n) is 9.84. The van der Waals surface area contributed by atoms with Gasteiger partial charge in [0.2, 0.25) is 5.56 Å². The minimum absolute atomic E-state index is 0.0000766. The number of aromatic nitrogens is 1. The monoisotopic (exact) mass is 390 g/mol. The third kappa shape index (κ3) is 4.37. The van der Waals surface area contributed by atoms with E-state index in [0.29, 0.717) is 27.7 Å². The molecule has 0 radical (unpaired) electrons. The fourth-order valence-corrected chi connectivity index (χ4v) is 3.68. The smallest absolute Gasteiger partial charge is 0.338 e. The molecule has 0 spiro atoms. The predicted octanol–water partition coefficient (Wildman–Crippen LogP) is 4.27. The molecular weight excluding hydrogens is 368 g/mol. The molecule has 0 aliphatic heterocycles. The van der Waals surface area contributed by atoms with Crippen LogP contribution in [0.25, 0.3) is 10.9 Å². The Labute approximate surface area is 167 Å². The van der Waals surface area contributed by atoms with Gasteiger partial charge in [-0.2, -0.15) is 0 Å². The van der Waals surface area contributed by atoms with Gasteiger partial charge in [-0.15, -0.1) is 0 Å². The Morgan fingerprint density at radius 2 is 1.69 bits per heavy atom. The zero-order valence-corrected chi connectivity index (χ0v) is 15.9. The van der Waals surface area contributed by atoms with Gasteiger partial charge in [0.1, 0.15) is 6.10 Å². The molecule has 0 saturated heterocycles. The summed E-state index contributed by atoms with van der Waals surface area (Å²) in [5, 5.41) is 3.45. The van der Waals surface area contributed by atoms with Crippen LogP contribution in [0.5, 0.6) is 0 Å². The molecule has 1 aliphatic carbocycles. The van der Waals surface area contributed by atoms with Crippen molar-refractivity contribution in [3.8, 4) is 0 Å². The first-order chi connectivity index (χ1) is 14.1. The Morgan fingerprint density at radius 3 is 2.45 bits per heavy atom. The van der Waals surface area contributed by atoms with E-state index in [1.165, 1.54) is 12.5 Å². The molecule has 148 valence electrons. The Kier molecular flexibility index (Phi) is 5.42. The summed E-state index contributed by atoms with van der Waals surface area (Å²) in [5.74, 6) is -0.722. The zero-order valence-electron chi connectivity index (χ0n) is 15.9. The first kappa shape index (κ1) is 18.9. The SMILES string of the molecule is O=C(OC1CCCCC1)c1ccc(NC(=O)c2cc(=O)[nH]c3ccccc23)cc1. The molecule has 1 saturated carbocycles. The summed E-state index contributed by atoms with van der Waals surface area (Å²) in [6, 6.07) is 15.0. The van der Waals surface area contributed by atoms with E-state index in [9.17, 15) is 14.4 Å². The normalized spacial score (nSPS) is 14.5. The number of hydrogen-bond acceptors (Lipinski definition) is 4. The van der Waals surface area contributed by atoms with Crippen molar-refractivity contribution in [1.82, 2.24) is 4.98 Å². The van der Waals surface area contributed by atoms with Crippen molar-refractivity contribution < 1.29 is 14.3 Å². The molecule has 1 aromatic heterocycles. The summed E-state index contributed by atoms with van der Waals surface area (Å²) in [7, 11) is 0. The van der Waals surface area contributed by atoms with Crippen LogP contribution < -0.4 is 10.9 Å². The lowest BCUT2D eigenvalue weighted by Crippen LogP contribution is -2.21. The van der Waals surface area contributed by atoms with Crippen molar-refractivity contribution in [2.45, 2.75) is 38.2 Å². The fourth-order valence-electron chi connectivity index (χ4n) is 3.68. The summed E-state index contributed by atoms with van der Waals surface area (Å²) in [6.45, 7) is 0. The Balaban J connectivity index is 1.47. The van der Waals surface area contributed by atoms with Crippen LogP contribution in [0.2, 0.25) is 0 Å². The highest BCUT2D eigenvalue weighted by molar-refractivity contribution is 6.12. The van der Waals surface area contributed by atoms with Crippen LogP contribution in [-0.2, 0) is 4.74 Å². The molecule has 3 aromatic rings. The molecule has 2 N–H and O–H groups in total. The highest BCUT2D eigenvalue weighted by Gasteiger charge is 2.19. The van der Waals surface area contributed by atoms with Gasteiger partial charge in [0.05, 0.1) is 11.1 Å². The number of esters is 1. The van der Waals surface area contributed by atoms with Gasteiger partial charge in [-0.3, -0.25) is 9.59 Å². The molecule has 6 heteroatoms. The highest BCUT2D eigenvalue weighted by Crippen LogP contribution is 2.22. The van der Waals surface area contributed by atoms with Crippen LogP contribution in [0.1, 0.15) is 52.8 Å². The van der Waals surface area contributed by atoms with Gasteiger partial charge >= 0.3 is 5.97 Å². The molecule has 0 atom stereocenters. The Morgan fingerprint density at radius 1 is 0.966 bits per heavy atom. The lowest BCUT2D eigenvalue weighted by atomic mass is 9.98. The van der Waals surface area contributed by atoms with E-state index < -0.39 is 0 Å². The number of aromatic amines is 1.